The molecule has 3 heterocycles. The van der Waals surface area contributed by atoms with Crippen molar-refractivity contribution in [3.8, 4) is 5.75 Å². The van der Waals surface area contributed by atoms with Gasteiger partial charge < -0.3 is 15.0 Å². The Morgan fingerprint density at radius 1 is 1.06 bits per heavy atom. The number of carbonyl (C=O) groups is 3. The lowest BCUT2D eigenvalue weighted by Crippen LogP contribution is -2.51. The number of nitrogens with one attached hydrogen (secondary N) is 1. The molecule has 0 unspecified atom stereocenters. The normalized spacial score (nSPS) is 25.2. The van der Waals surface area contributed by atoms with Crippen LogP contribution in [0.5, 0.6) is 5.75 Å². The van der Waals surface area contributed by atoms with E-state index in [1.807, 2.05) is 59.5 Å². The van der Waals surface area contributed by atoms with Crippen LogP contribution in [0.4, 0.5) is 11.4 Å². The van der Waals surface area contributed by atoms with Crippen molar-refractivity contribution in [1.82, 2.24) is 0 Å². The summed E-state index contributed by atoms with van der Waals surface area (Å²) in [4.78, 5) is 43.8. The molecular formula is C29H23ClN2O4. The van der Waals surface area contributed by atoms with Crippen LogP contribution in [-0.2, 0) is 15.0 Å². The van der Waals surface area contributed by atoms with Crippen molar-refractivity contribution in [2.75, 3.05) is 17.3 Å². The van der Waals surface area contributed by atoms with E-state index in [2.05, 4.69) is 5.32 Å². The molecule has 1 amide bonds. The third-order valence-electron chi connectivity index (χ3n) is 7.68. The maximum atomic E-state index is 14.4. The first kappa shape index (κ1) is 22.6. The number of halogens is 1. The fourth-order valence-corrected chi connectivity index (χ4v) is 6.49. The second kappa shape index (κ2) is 8.07. The summed E-state index contributed by atoms with van der Waals surface area (Å²) in [6.07, 6.45) is 3.87. The van der Waals surface area contributed by atoms with Gasteiger partial charge in [-0.3, -0.25) is 14.4 Å². The number of carbonyl (C=O) groups excluding carboxylic acids is 3. The standard InChI is InChI=1S/C29H23ClN2O4/c1-16(33)26-25(27(34)19-7-3-5-9-21(19)30)29(20-8-4-6-10-22(20)31-28(29)35)24-14-11-17-15-18(36-2)12-13-23(17)32(24)26/h3-15,24-26H,1-2H3,(H,31,35)/t24-,25-,26+,29+/m0/s1. The Labute approximate surface area is 213 Å². The highest BCUT2D eigenvalue weighted by molar-refractivity contribution is 6.34. The molecule has 36 heavy (non-hydrogen) atoms. The molecule has 1 fully saturated rings. The number of hydrogen-bond acceptors (Lipinski definition) is 5. The number of para-hydroxylation sites is 1. The summed E-state index contributed by atoms with van der Waals surface area (Å²) >= 11 is 6.48. The van der Waals surface area contributed by atoms with Gasteiger partial charge in [-0.15, -0.1) is 0 Å². The Balaban J connectivity index is 1.66. The average Bonchev–Trinajstić information content (AvgIpc) is 3.36. The van der Waals surface area contributed by atoms with Crippen LogP contribution in [0.2, 0.25) is 5.02 Å². The second-order valence-electron chi connectivity index (χ2n) is 9.38. The van der Waals surface area contributed by atoms with Crippen LogP contribution in [0.15, 0.2) is 72.8 Å². The lowest BCUT2D eigenvalue weighted by atomic mass is 9.64. The highest BCUT2D eigenvalue weighted by atomic mass is 35.5. The molecule has 6 nitrogen and oxygen atoms in total. The number of hydrogen-bond donors (Lipinski definition) is 1. The third-order valence-corrected chi connectivity index (χ3v) is 8.01. The van der Waals surface area contributed by atoms with Crippen molar-refractivity contribution >= 4 is 46.5 Å². The van der Waals surface area contributed by atoms with Gasteiger partial charge in [0.25, 0.3) is 0 Å². The van der Waals surface area contributed by atoms with Crippen molar-refractivity contribution < 1.29 is 19.1 Å². The number of ether oxygens (including phenoxy) is 1. The van der Waals surface area contributed by atoms with Gasteiger partial charge in [0.15, 0.2) is 11.6 Å². The van der Waals surface area contributed by atoms with Gasteiger partial charge in [-0.1, -0.05) is 54.1 Å². The van der Waals surface area contributed by atoms with E-state index in [-0.39, 0.29) is 22.5 Å². The molecule has 7 heteroatoms. The molecule has 3 aromatic carbocycles. The minimum absolute atomic E-state index is 0.198. The molecule has 180 valence electrons. The summed E-state index contributed by atoms with van der Waals surface area (Å²) < 4.78 is 5.40. The molecule has 0 radical (unpaired) electrons. The average molecular weight is 499 g/mol. The van der Waals surface area contributed by atoms with Crippen LogP contribution in [0.25, 0.3) is 6.08 Å². The molecule has 0 bridgehead atoms. The fraction of sp³-hybridized carbons (Fsp3) is 0.207. The van der Waals surface area contributed by atoms with Crippen LogP contribution in [-0.4, -0.2) is 36.7 Å². The maximum Gasteiger partial charge on any atom is 0.238 e. The number of fused-ring (bicyclic) bond motifs is 6. The van der Waals surface area contributed by atoms with Crippen LogP contribution < -0.4 is 15.0 Å². The van der Waals surface area contributed by atoms with Gasteiger partial charge in [0.05, 0.1) is 30.1 Å². The zero-order valence-corrected chi connectivity index (χ0v) is 20.5. The van der Waals surface area contributed by atoms with Crippen molar-refractivity contribution in [1.29, 1.82) is 0 Å². The first-order valence-corrected chi connectivity index (χ1v) is 12.1. The smallest absolute Gasteiger partial charge is 0.238 e. The highest BCUT2D eigenvalue weighted by Gasteiger charge is 2.69. The monoisotopic (exact) mass is 498 g/mol. The van der Waals surface area contributed by atoms with Crippen molar-refractivity contribution in [3.63, 3.8) is 0 Å². The zero-order chi connectivity index (χ0) is 25.2. The van der Waals surface area contributed by atoms with Crippen LogP contribution in [0.3, 0.4) is 0 Å². The van der Waals surface area contributed by atoms with Gasteiger partial charge in [0.2, 0.25) is 5.91 Å². The Kier molecular flexibility index (Phi) is 5.05. The number of amides is 1. The Morgan fingerprint density at radius 2 is 1.81 bits per heavy atom. The summed E-state index contributed by atoms with van der Waals surface area (Å²) in [5.74, 6) is -1.14. The SMILES string of the molecule is COc1ccc2c(c1)C=C[C@@H]1N2[C@H](C(C)=O)[C@@H](C(=O)c2ccccc2Cl)[C@]12C(=O)Nc1ccccc12. The minimum atomic E-state index is -1.32. The van der Waals surface area contributed by atoms with E-state index in [4.69, 9.17) is 16.3 Å². The molecule has 3 aliphatic heterocycles. The first-order chi connectivity index (χ1) is 17.4. The molecule has 1 N–H and O–H groups in total. The summed E-state index contributed by atoms with van der Waals surface area (Å²) in [5.41, 5.74) is 1.96. The Bertz CT molecular complexity index is 1480. The lowest BCUT2D eigenvalue weighted by molar-refractivity contribution is -0.122. The number of rotatable bonds is 4. The molecule has 0 aromatic heterocycles. The molecule has 1 saturated heterocycles. The molecule has 1 spiro atoms. The Morgan fingerprint density at radius 3 is 2.56 bits per heavy atom. The van der Waals surface area contributed by atoms with E-state index in [9.17, 15) is 14.4 Å². The van der Waals surface area contributed by atoms with Crippen LogP contribution in [0, 0.1) is 5.92 Å². The third kappa shape index (κ3) is 2.88. The topological polar surface area (TPSA) is 75.7 Å². The summed E-state index contributed by atoms with van der Waals surface area (Å²) in [5, 5.41) is 3.29. The van der Waals surface area contributed by atoms with E-state index < -0.39 is 23.4 Å². The molecule has 3 aromatic rings. The van der Waals surface area contributed by atoms with E-state index in [0.29, 0.717) is 22.6 Å². The van der Waals surface area contributed by atoms with Gasteiger partial charge >= 0.3 is 0 Å². The molecule has 0 aliphatic carbocycles. The van der Waals surface area contributed by atoms with Crippen molar-refractivity contribution in [2.45, 2.75) is 24.4 Å². The number of nitrogens with zero attached hydrogens (tertiary/aromatic N) is 1. The molecular weight excluding hydrogens is 476 g/mol. The lowest BCUT2D eigenvalue weighted by Gasteiger charge is -2.37. The second-order valence-corrected chi connectivity index (χ2v) is 9.79. The summed E-state index contributed by atoms with van der Waals surface area (Å²) in [6.45, 7) is 1.48. The van der Waals surface area contributed by atoms with E-state index in [1.54, 1.807) is 31.4 Å². The molecule has 4 atom stereocenters. The van der Waals surface area contributed by atoms with E-state index in [1.165, 1.54) is 6.92 Å². The fourth-order valence-electron chi connectivity index (χ4n) is 6.27. The van der Waals surface area contributed by atoms with Gasteiger partial charge in [-0.05, 0) is 48.9 Å². The summed E-state index contributed by atoms with van der Waals surface area (Å²) in [7, 11) is 1.60. The van der Waals surface area contributed by atoms with Gasteiger partial charge in [0.1, 0.15) is 11.2 Å². The van der Waals surface area contributed by atoms with Gasteiger partial charge in [0, 0.05) is 22.5 Å². The van der Waals surface area contributed by atoms with Gasteiger partial charge in [-0.25, -0.2) is 0 Å². The largest absolute Gasteiger partial charge is 0.497 e. The van der Waals surface area contributed by atoms with E-state index in [0.717, 1.165) is 11.3 Å². The molecule has 0 saturated carbocycles. The number of methoxy groups -OCH3 is 1. The maximum absolute atomic E-state index is 14.4. The van der Waals surface area contributed by atoms with Crippen molar-refractivity contribution in [2.24, 2.45) is 5.92 Å². The molecule has 6 rings (SSSR count). The number of anilines is 2. The quantitative estimate of drug-likeness (QED) is 0.517. The number of Topliss-reactive ketones (excluding diaryl/α,β-unsaturated/α-hetero) is 2. The number of benzene rings is 3. The number of ketones is 2. The van der Waals surface area contributed by atoms with Crippen molar-refractivity contribution in [3.05, 3.63) is 94.5 Å². The predicted molar refractivity (Wildman–Crippen MR) is 139 cm³/mol. The van der Waals surface area contributed by atoms with Crippen LogP contribution in [0.1, 0.15) is 28.4 Å². The van der Waals surface area contributed by atoms with Crippen LogP contribution >= 0.6 is 11.6 Å². The van der Waals surface area contributed by atoms with Gasteiger partial charge in [-0.2, -0.15) is 0 Å². The minimum Gasteiger partial charge on any atom is -0.497 e. The Hall–Kier alpha value is -3.90. The predicted octanol–water partition coefficient (Wildman–Crippen LogP) is 4.91. The zero-order valence-electron chi connectivity index (χ0n) is 19.7. The highest BCUT2D eigenvalue weighted by Crippen LogP contribution is 2.58. The summed E-state index contributed by atoms with van der Waals surface area (Å²) in [6, 6.07) is 18.3. The molecule has 3 aliphatic rings. The first-order valence-electron chi connectivity index (χ1n) is 11.7. The van der Waals surface area contributed by atoms with E-state index >= 15 is 0 Å².